The number of aryl methyl sites for hydroxylation is 1. The van der Waals surface area contributed by atoms with Crippen LogP contribution in [0.4, 0.5) is 8.78 Å². The number of aromatic nitrogens is 3. The smallest absolute Gasteiger partial charge is 0.241 e. The molecule has 8 nitrogen and oxygen atoms in total. The molecule has 1 aliphatic rings. The van der Waals surface area contributed by atoms with E-state index in [-0.39, 0.29) is 36.0 Å². The van der Waals surface area contributed by atoms with Crippen LogP contribution in [-0.2, 0) is 17.8 Å². The molecule has 0 spiro atoms. The fraction of sp³-hybridized carbons (Fsp3) is 0.304. The monoisotopic (exact) mass is 485 g/mol. The van der Waals surface area contributed by atoms with Crippen molar-refractivity contribution in [3.05, 3.63) is 65.3 Å². The van der Waals surface area contributed by atoms with Crippen LogP contribution in [0, 0.1) is 11.6 Å². The third kappa shape index (κ3) is 4.90. The summed E-state index contributed by atoms with van der Waals surface area (Å²) in [5, 5.41) is 5.99. The molecule has 0 saturated carbocycles. The van der Waals surface area contributed by atoms with Gasteiger partial charge >= 0.3 is 0 Å². The number of piperazine rings is 1. The van der Waals surface area contributed by atoms with Crippen LogP contribution < -0.4 is 0 Å². The molecule has 1 aromatic carbocycles. The molecule has 1 amide bonds. The summed E-state index contributed by atoms with van der Waals surface area (Å²) in [5.41, 5.74) is -0.257. The molecule has 4 aromatic rings. The van der Waals surface area contributed by atoms with Crippen molar-refractivity contribution in [2.45, 2.75) is 19.4 Å². The lowest BCUT2D eigenvalue weighted by atomic mass is 10.1. The molecule has 0 radical (unpaired) electrons. The average molecular weight is 486 g/mol. The van der Waals surface area contributed by atoms with Gasteiger partial charge in [-0.05, 0) is 23.6 Å². The summed E-state index contributed by atoms with van der Waals surface area (Å²) < 4.78 is 38.7. The largest absolute Gasteiger partial charge is 0.441 e. The number of thiophene rings is 1. The first kappa shape index (κ1) is 22.4. The first-order chi connectivity index (χ1) is 16.6. The first-order valence-electron chi connectivity index (χ1n) is 10.8. The summed E-state index contributed by atoms with van der Waals surface area (Å²) in [6, 6.07) is 7.49. The van der Waals surface area contributed by atoms with Gasteiger partial charge in [-0.2, -0.15) is 4.98 Å². The molecule has 1 fully saturated rings. The number of hydrogen-bond donors (Lipinski definition) is 0. The maximum absolute atomic E-state index is 13.9. The predicted molar refractivity (Wildman–Crippen MR) is 120 cm³/mol. The van der Waals surface area contributed by atoms with Crippen molar-refractivity contribution < 1.29 is 22.5 Å². The zero-order chi connectivity index (χ0) is 23.5. The van der Waals surface area contributed by atoms with Crippen LogP contribution >= 0.6 is 11.3 Å². The Kier molecular flexibility index (Phi) is 6.45. The Bertz CT molecular complexity index is 1250. The number of halogens is 2. The Morgan fingerprint density at radius 1 is 1.06 bits per heavy atom. The Labute approximate surface area is 197 Å². The summed E-state index contributed by atoms with van der Waals surface area (Å²) in [6.45, 7) is 3.09. The summed E-state index contributed by atoms with van der Waals surface area (Å²) in [4.78, 5) is 26.1. The second-order valence-corrected chi connectivity index (χ2v) is 8.81. The van der Waals surface area contributed by atoms with Gasteiger partial charge in [0.05, 0.1) is 23.2 Å². The maximum atomic E-state index is 13.9. The van der Waals surface area contributed by atoms with Crippen LogP contribution in [0.25, 0.3) is 22.0 Å². The van der Waals surface area contributed by atoms with Crippen molar-refractivity contribution in [2.75, 3.05) is 26.2 Å². The molecule has 4 heterocycles. The van der Waals surface area contributed by atoms with Crippen LogP contribution in [0.3, 0.4) is 0 Å². The summed E-state index contributed by atoms with van der Waals surface area (Å²) in [5.74, 6) is -0.0491. The van der Waals surface area contributed by atoms with Gasteiger partial charge in [0.25, 0.3) is 0 Å². The zero-order valence-electron chi connectivity index (χ0n) is 18.1. The van der Waals surface area contributed by atoms with Crippen LogP contribution in [0.5, 0.6) is 0 Å². The number of nitrogens with zero attached hydrogens (tertiary/aromatic N) is 5. The maximum Gasteiger partial charge on any atom is 0.241 e. The standard InChI is InChI=1S/C23H21F2N5O3S/c24-15-3-1-4-16(25)22(15)17-13-26-19(32-17)6-7-21(31)30-10-8-29(9-11-30)14-20-27-23(28-33-20)18-5-2-12-34-18/h1-5,12-13H,6-11,14H2. The number of carbonyl (C=O) groups excluding carboxylic acids is 1. The minimum Gasteiger partial charge on any atom is -0.441 e. The molecule has 0 atom stereocenters. The predicted octanol–water partition coefficient (Wildman–Crippen LogP) is 4.01. The molecule has 0 bridgehead atoms. The minimum atomic E-state index is -0.722. The van der Waals surface area contributed by atoms with E-state index in [1.165, 1.54) is 12.3 Å². The van der Waals surface area contributed by atoms with Gasteiger partial charge in [-0.25, -0.2) is 13.8 Å². The van der Waals surface area contributed by atoms with Crippen molar-refractivity contribution in [1.29, 1.82) is 0 Å². The molecule has 1 saturated heterocycles. The average Bonchev–Trinajstić information content (AvgIpc) is 3.60. The van der Waals surface area contributed by atoms with Crippen molar-refractivity contribution in [3.63, 3.8) is 0 Å². The summed E-state index contributed by atoms with van der Waals surface area (Å²) >= 11 is 1.56. The molecule has 0 aliphatic carbocycles. The van der Waals surface area contributed by atoms with Crippen LogP contribution in [0.2, 0.25) is 0 Å². The quantitative estimate of drug-likeness (QED) is 0.391. The van der Waals surface area contributed by atoms with E-state index in [1.54, 1.807) is 16.2 Å². The van der Waals surface area contributed by atoms with Gasteiger partial charge in [0.2, 0.25) is 17.6 Å². The third-order valence-electron chi connectivity index (χ3n) is 5.61. The second-order valence-electron chi connectivity index (χ2n) is 7.86. The molecule has 0 unspecified atom stereocenters. The molecule has 34 heavy (non-hydrogen) atoms. The van der Waals surface area contributed by atoms with E-state index < -0.39 is 11.6 Å². The van der Waals surface area contributed by atoms with E-state index in [1.807, 2.05) is 17.5 Å². The van der Waals surface area contributed by atoms with E-state index in [9.17, 15) is 13.6 Å². The van der Waals surface area contributed by atoms with Gasteiger partial charge < -0.3 is 13.8 Å². The Morgan fingerprint density at radius 2 is 1.85 bits per heavy atom. The number of hydrogen-bond acceptors (Lipinski definition) is 8. The van der Waals surface area contributed by atoms with Gasteiger partial charge in [0.15, 0.2) is 11.7 Å². The fourth-order valence-electron chi connectivity index (χ4n) is 3.82. The van der Waals surface area contributed by atoms with E-state index in [2.05, 4.69) is 20.0 Å². The van der Waals surface area contributed by atoms with Crippen LogP contribution in [0.1, 0.15) is 18.2 Å². The first-order valence-corrected chi connectivity index (χ1v) is 11.7. The number of carbonyl (C=O) groups is 1. The van der Waals surface area contributed by atoms with Gasteiger partial charge in [-0.3, -0.25) is 9.69 Å². The lowest BCUT2D eigenvalue weighted by Gasteiger charge is -2.33. The number of rotatable bonds is 7. The van der Waals surface area contributed by atoms with Crippen molar-refractivity contribution in [3.8, 4) is 22.0 Å². The van der Waals surface area contributed by atoms with Gasteiger partial charge in [-0.15, -0.1) is 11.3 Å². The van der Waals surface area contributed by atoms with Crippen LogP contribution in [-0.4, -0.2) is 57.0 Å². The van der Waals surface area contributed by atoms with Crippen molar-refractivity contribution >= 4 is 17.2 Å². The summed E-state index contributed by atoms with van der Waals surface area (Å²) in [7, 11) is 0. The Hall–Kier alpha value is -3.44. The number of amides is 1. The van der Waals surface area contributed by atoms with Crippen molar-refractivity contribution in [1.82, 2.24) is 24.9 Å². The summed E-state index contributed by atoms with van der Waals surface area (Å²) in [6.07, 6.45) is 1.73. The molecule has 0 N–H and O–H groups in total. The van der Waals surface area contributed by atoms with Gasteiger partial charge in [-0.1, -0.05) is 17.3 Å². The molecule has 176 valence electrons. The molecule has 1 aliphatic heterocycles. The highest BCUT2D eigenvalue weighted by Gasteiger charge is 2.23. The highest BCUT2D eigenvalue weighted by molar-refractivity contribution is 7.13. The third-order valence-corrected chi connectivity index (χ3v) is 6.47. The molecule has 3 aromatic heterocycles. The lowest BCUT2D eigenvalue weighted by molar-refractivity contribution is -0.133. The van der Waals surface area contributed by atoms with E-state index in [4.69, 9.17) is 8.94 Å². The van der Waals surface area contributed by atoms with Gasteiger partial charge in [0, 0.05) is 39.0 Å². The Balaban J connectivity index is 1.10. The Morgan fingerprint density at radius 3 is 2.59 bits per heavy atom. The number of oxazole rings is 1. The lowest BCUT2D eigenvalue weighted by Crippen LogP contribution is -2.48. The molecule has 11 heteroatoms. The highest BCUT2D eigenvalue weighted by Crippen LogP contribution is 2.27. The molecular weight excluding hydrogens is 464 g/mol. The van der Waals surface area contributed by atoms with Gasteiger partial charge in [0.1, 0.15) is 11.6 Å². The normalized spacial score (nSPS) is 14.6. The van der Waals surface area contributed by atoms with Crippen molar-refractivity contribution in [2.24, 2.45) is 0 Å². The topological polar surface area (TPSA) is 88.5 Å². The van der Waals surface area contributed by atoms with E-state index in [0.717, 1.165) is 17.0 Å². The molecule has 5 rings (SSSR count). The molecular formula is C23H21F2N5O3S. The van der Waals surface area contributed by atoms with E-state index >= 15 is 0 Å². The second kappa shape index (κ2) is 9.82. The van der Waals surface area contributed by atoms with Crippen LogP contribution in [0.15, 0.2) is 50.8 Å². The highest BCUT2D eigenvalue weighted by atomic mass is 32.1. The number of benzene rings is 1. The minimum absolute atomic E-state index is 0.00919. The SMILES string of the molecule is O=C(CCc1ncc(-c2c(F)cccc2F)o1)N1CCN(Cc2nc(-c3cccs3)no2)CC1. The van der Waals surface area contributed by atoms with E-state index in [0.29, 0.717) is 44.4 Å². The zero-order valence-corrected chi connectivity index (χ0v) is 18.9. The fourth-order valence-corrected chi connectivity index (χ4v) is 4.47.